The van der Waals surface area contributed by atoms with Crippen molar-refractivity contribution in [1.82, 2.24) is 9.38 Å². The number of nitrogens with two attached hydrogens (primary N) is 1. The number of nitrogens with zero attached hydrogens (tertiary/aromatic N) is 1. The van der Waals surface area contributed by atoms with E-state index in [0.29, 0.717) is 11.2 Å². The Morgan fingerprint density at radius 1 is 1.08 bits per heavy atom. The fourth-order valence-corrected chi connectivity index (χ4v) is 3.36. The van der Waals surface area contributed by atoms with Gasteiger partial charge in [0.1, 0.15) is 5.52 Å². The monoisotopic (exact) mass is 329 g/mol. The van der Waals surface area contributed by atoms with Gasteiger partial charge in [0.25, 0.3) is 5.56 Å². The highest BCUT2D eigenvalue weighted by molar-refractivity contribution is 5.75. The minimum absolute atomic E-state index is 0.0836. The molecule has 0 fully saturated rings. The number of hydrogen-bond donors (Lipinski definition) is 2. The van der Waals surface area contributed by atoms with E-state index in [1.807, 2.05) is 53.9 Å². The quantitative estimate of drug-likeness (QED) is 0.562. The lowest BCUT2D eigenvalue weighted by Gasteiger charge is -2.11. The maximum absolute atomic E-state index is 12.2. The van der Waals surface area contributed by atoms with Crippen molar-refractivity contribution in [3.8, 4) is 11.3 Å². The molecule has 4 nitrogen and oxygen atoms in total. The second-order valence-electron chi connectivity index (χ2n) is 6.30. The number of nitrogen functional groups attached to an aromatic ring is 1. The van der Waals surface area contributed by atoms with Gasteiger partial charge in [-0.3, -0.25) is 4.79 Å². The van der Waals surface area contributed by atoms with Crippen molar-refractivity contribution in [2.75, 3.05) is 5.73 Å². The van der Waals surface area contributed by atoms with E-state index in [1.54, 1.807) is 6.20 Å². The third-order valence-corrected chi connectivity index (χ3v) is 4.53. The molecule has 0 amide bonds. The number of H-pyrrole nitrogens is 1. The molecule has 25 heavy (non-hydrogen) atoms. The van der Waals surface area contributed by atoms with Gasteiger partial charge in [0.2, 0.25) is 0 Å². The maximum atomic E-state index is 12.2. The van der Waals surface area contributed by atoms with Crippen LogP contribution in [0, 0.1) is 6.92 Å². The van der Waals surface area contributed by atoms with Crippen molar-refractivity contribution in [2.45, 2.75) is 13.3 Å². The Labute approximate surface area is 145 Å². The summed E-state index contributed by atoms with van der Waals surface area (Å²) < 4.78 is 1.94. The summed E-state index contributed by atoms with van der Waals surface area (Å²) in [5, 5.41) is 0. The van der Waals surface area contributed by atoms with Crippen molar-refractivity contribution in [3.63, 3.8) is 0 Å². The zero-order valence-electron chi connectivity index (χ0n) is 14.0. The van der Waals surface area contributed by atoms with E-state index >= 15 is 0 Å². The van der Waals surface area contributed by atoms with Crippen LogP contribution in [0.15, 0.2) is 71.8 Å². The third-order valence-electron chi connectivity index (χ3n) is 4.53. The fourth-order valence-electron chi connectivity index (χ4n) is 3.36. The lowest BCUT2D eigenvalue weighted by atomic mass is 9.97. The first-order valence-electron chi connectivity index (χ1n) is 8.25. The molecule has 2 aromatic heterocycles. The molecule has 2 aromatic carbocycles. The molecule has 4 aromatic rings. The van der Waals surface area contributed by atoms with Crippen molar-refractivity contribution >= 4 is 11.2 Å². The third kappa shape index (κ3) is 2.72. The van der Waals surface area contributed by atoms with Gasteiger partial charge in [-0.25, -0.2) is 0 Å². The van der Waals surface area contributed by atoms with Gasteiger partial charge in [0, 0.05) is 23.6 Å². The first-order chi connectivity index (χ1) is 12.1. The molecule has 0 radical (unpaired) electrons. The van der Waals surface area contributed by atoms with E-state index in [-0.39, 0.29) is 5.56 Å². The number of aryl methyl sites for hydroxylation is 1. The van der Waals surface area contributed by atoms with Crippen LogP contribution in [0.4, 0.5) is 5.69 Å². The van der Waals surface area contributed by atoms with E-state index in [9.17, 15) is 4.79 Å². The molecule has 3 N–H and O–H groups in total. The Bertz CT molecular complexity index is 1110. The Morgan fingerprint density at radius 2 is 1.88 bits per heavy atom. The number of nitrogens with one attached hydrogen (secondary N) is 1. The molecule has 4 rings (SSSR count). The highest BCUT2D eigenvalue weighted by Crippen LogP contribution is 2.30. The van der Waals surface area contributed by atoms with Crippen LogP contribution in [0.2, 0.25) is 0 Å². The van der Waals surface area contributed by atoms with Crippen LogP contribution in [-0.2, 0) is 6.42 Å². The molecule has 4 heteroatoms. The zero-order valence-corrected chi connectivity index (χ0v) is 14.0. The number of anilines is 1. The van der Waals surface area contributed by atoms with Crippen LogP contribution in [0.1, 0.15) is 16.7 Å². The molecular weight excluding hydrogens is 310 g/mol. The lowest BCUT2D eigenvalue weighted by molar-refractivity contribution is 1.10. The summed E-state index contributed by atoms with van der Waals surface area (Å²) in [6.07, 6.45) is 4.36. The standard InChI is InChI=1S/C21H19N3O/c1-14-11-19(24-10-9-23-21(25)20(14)24)18-13-17(22)8-7-16(18)12-15-5-3-2-4-6-15/h2-11,13H,12,22H2,1H3,(H,23,25). The molecule has 0 bridgehead atoms. The topological polar surface area (TPSA) is 63.3 Å². The summed E-state index contributed by atoms with van der Waals surface area (Å²) in [7, 11) is 0. The second kappa shape index (κ2) is 5.98. The largest absolute Gasteiger partial charge is 0.399 e. The van der Waals surface area contributed by atoms with Crippen molar-refractivity contribution < 1.29 is 0 Å². The fraction of sp³-hybridized carbons (Fsp3) is 0.0952. The first kappa shape index (κ1) is 15.3. The highest BCUT2D eigenvalue weighted by Gasteiger charge is 2.14. The smallest absolute Gasteiger partial charge is 0.272 e. The number of fused-ring (bicyclic) bond motifs is 1. The average molecular weight is 329 g/mol. The second-order valence-corrected chi connectivity index (χ2v) is 6.30. The van der Waals surface area contributed by atoms with E-state index in [1.165, 1.54) is 11.1 Å². The van der Waals surface area contributed by atoms with Crippen molar-refractivity contribution in [3.05, 3.63) is 94.0 Å². The van der Waals surface area contributed by atoms with Crippen LogP contribution in [0.5, 0.6) is 0 Å². The normalized spacial score (nSPS) is 11.1. The van der Waals surface area contributed by atoms with E-state index in [4.69, 9.17) is 5.73 Å². The van der Waals surface area contributed by atoms with E-state index < -0.39 is 0 Å². The van der Waals surface area contributed by atoms with Crippen LogP contribution in [0.25, 0.3) is 16.8 Å². The molecule has 0 aliphatic carbocycles. The Kier molecular flexibility index (Phi) is 3.65. The molecule has 0 aliphatic heterocycles. The molecule has 124 valence electrons. The van der Waals surface area contributed by atoms with E-state index in [0.717, 1.165) is 23.2 Å². The summed E-state index contributed by atoms with van der Waals surface area (Å²) in [4.78, 5) is 14.9. The minimum Gasteiger partial charge on any atom is -0.399 e. The molecule has 0 saturated heterocycles. The predicted octanol–water partition coefficient (Wildman–Crippen LogP) is 3.78. The molecule has 0 aliphatic rings. The molecule has 2 heterocycles. The van der Waals surface area contributed by atoms with Crippen LogP contribution >= 0.6 is 0 Å². The predicted molar refractivity (Wildman–Crippen MR) is 102 cm³/mol. The maximum Gasteiger partial charge on any atom is 0.272 e. The molecule has 0 atom stereocenters. The number of hydrogen-bond acceptors (Lipinski definition) is 2. The van der Waals surface area contributed by atoms with Gasteiger partial charge < -0.3 is 15.1 Å². The Balaban J connectivity index is 1.93. The van der Waals surface area contributed by atoms with Gasteiger partial charge in [-0.15, -0.1) is 0 Å². The summed E-state index contributed by atoms with van der Waals surface area (Å²) in [5.41, 5.74) is 12.8. The SMILES string of the molecule is Cc1cc(-c2cc(N)ccc2Cc2ccccc2)n2cc[nH]c(=O)c12. The highest BCUT2D eigenvalue weighted by atomic mass is 16.1. The summed E-state index contributed by atoms with van der Waals surface area (Å²) in [6.45, 7) is 1.96. The van der Waals surface area contributed by atoms with Gasteiger partial charge in [0.05, 0.1) is 5.69 Å². The Hall–Kier alpha value is -3.27. The summed E-state index contributed by atoms with van der Waals surface area (Å²) in [6, 6.07) is 18.4. The molecule has 0 saturated carbocycles. The van der Waals surface area contributed by atoms with Crippen LogP contribution in [0.3, 0.4) is 0 Å². The van der Waals surface area contributed by atoms with Gasteiger partial charge >= 0.3 is 0 Å². The molecule has 0 spiro atoms. The number of aromatic nitrogens is 2. The number of aromatic amines is 1. The zero-order chi connectivity index (χ0) is 17.4. The average Bonchev–Trinajstić information content (AvgIpc) is 2.95. The summed E-state index contributed by atoms with van der Waals surface area (Å²) in [5.74, 6) is 0. The number of benzene rings is 2. The van der Waals surface area contributed by atoms with Crippen molar-refractivity contribution in [2.24, 2.45) is 0 Å². The van der Waals surface area contributed by atoms with Crippen LogP contribution < -0.4 is 11.3 Å². The van der Waals surface area contributed by atoms with Gasteiger partial charge in [-0.1, -0.05) is 36.4 Å². The lowest BCUT2D eigenvalue weighted by Crippen LogP contribution is -2.09. The van der Waals surface area contributed by atoms with Gasteiger partial charge in [0.15, 0.2) is 0 Å². The van der Waals surface area contributed by atoms with Gasteiger partial charge in [-0.05, 0) is 48.2 Å². The minimum atomic E-state index is -0.0836. The van der Waals surface area contributed by atoms with Crippen molar-refractivity contribution in [1.29, 1.82) is 0 Å². The molecule has 0 unspecified atom stereocenters. The molecular formula is C21H19N3O. The summed E-state index contributed by atoms with van der Waals surface area (Å²) >= 11 is 0. The first-order valence-corrected chi connectivity index (χ1v) is 8.25. The van der Waals surface area contributed by atoms with E-state index in [2.05, 4.69) is 23.2 Å². The Morgan fingerprint density at radius 3 is 2.68 bits per heavy atom. The van der Waals surface area contributed by atoms with Gasteiger partial charge in [-0.2, -0.15) is 0 Å². The number of rotatable bonds is 3. The van der Waals surface area contributed by atoms with Crippen LogP contribution in [-0.4, -0.2) is 9.38 Å².